The molecule has 5 nitrogen and oxygen atoms in total. The minimum absolute atomic E-state index is 0.130. The lowest BCUT2D eigenvalue weighted by atomic mass is 10.1. The van der Waals surface area contributed by atoms with Gasteiger partial charge in [-0.3, -0.25) is 0 Å². The molecule has 1 rings (SSSR count). The Balaban J connectivity index is 2.22. The smallest absolute Gasteiger partial charge is 0.407 e. The van der Waals surface area contributed by atoms with Gasteiger partial charge < -0.3 is 20.7 Å². The van der Waals surface area contributed by atoms with E-state index in [9.17, 15) is 4.79 Å². The fourth-order valence-corrected chi connectivity index (χ4v) is 1.51. The monoisotopic (exact) mass is 243 g/mol. The van der Waals surface area contributed by atoms with Crippen LogP contribution in [0.1, 0.15) is 34.1 Å². The first-order valence-electron chi connectivity index (χ1n) is 6.34. The van der Waals surface area contributed by atoms with Crippen molar-refractivity contribution in [1.82, 2.24) is 16.0 Å². The summed E-state index contributed by atoms with van der Waals surface area (Å²) in [4.78, 5) is 11.6. The number of hydrogen-bond acceptors (Lipinski definition) is 4. The van der Waals surface area contributed by atoms with Crippen LogP contribution in [-0.4, -0.2) is 43.4 Å². The van der Waals surface area contributed by atoms with Crippen LogP contribution in [0.5, 0.6) is 0 Å². The highest BCUT2D eigenvalue weighted by atomic mass is 16.6. The van der Waals surface area contributed by atoms with Gasteiger partial charge in [-0.2, -0.15) is 0 Å². The summed E-state index contributed by atoms with van der Waals surface area (Å²) in [5.41, 5.74) is -0.437. The average Bonchev–Trinajstić information content (AvgIpc) is 2.10. The number of amides is 1. The molecule has 5 heteroatoms. The molecule has 1 atom stereocenters. The maximum absolute atomic E-state index is 11.6. The molecule has 0 bridgehead atoms. The third-order valence-corrected chi connectivity index (χ3v) is 2.65. The van der Waals surface area contributed by atoms with E-state index in [4.69, 9.17) is 4.74 Å². The zero-order chi connectivity index (χ0) is 12.9. The molecule has 1 heterocycles. The molecular formula is C12H25N3O2. The van der Waals surface area contributed by atoms with Gasteiger partial charge in [0.25, 0.3) is 0 Å². The molecule has 100 valence electrons. The quantitative estimate of drug-likeness (QED) is 0.670. The summed E-state index contributed by atoms with van der Waals surface area (Å²) in [6.07, 6.45) is 0.560. The van der Waals surface area contributed by atoms with Crippen LogP contribution in [0, 0.1) is 0 Å². The topological polar surface area (TPSA) is 62.4 Å². The van der Waals surface area contributed by atoms with E-state index in [0.29, 0.717) is 6.04 Å². The fraction of sp³-hybridized carbons (Fsp3) is 0.917. The Morgan fingerprint density at radius 1 is 1.47 bits per heavy atom. The lowest BCUT2D eigenvalue weighted by Gasteiger charge is -2.30. The van der Waals surface area contributed by atoms with Crippen molar-refractivity contribution in [3.05, 3.63) is 0 Å². The molecule has 1 saturated heterocycles. The van der Waals surface area contributed by atoms with Crippen molar-refractivity contribution in [3.8, 4) is 0 Å². The normalized spacial score (nSPS) is 18.4. The standard InChI is InChI=1S/C12H25N3O2/c1-5-9(8-14-10-6-13-7-10)15-11(16)17-12(2,3)4/h9-10,13-14H,5-8H2,1-4H3,(H,15,16). The lowest BCUT2D eigenvalue weighted by Crippen LogP contribution is -2.58. The van der Waals surface area contributed by atoms with Gasteiger partial charge >= 0.3 is 6.09 Å². The Labute approximate surface area is 104 Å². The lowest BCUT2D eigenvalue weighted by molar-refractivity contribution is 0.0501. The Hall–Kier alpha value is -0.810. The van der Waals surface area contributed by atoms with E-state index in [-0.39, 0.29) is 12.1 Å². The van der Waals surface area contributed by atoms with Crippen LogP contribution in [0.25, 0.3) is 0 Å². The summed E-state index contributed by atoms with van der Waals surface area (Å²) in [6, 6.07) is 0.676. The van der Waals surface area contributed by atoms with Crippen LogP contribution >= 0.6 is 0 Å². The van der Waals surface area contributed by atoms with Crippen LogP contribution in [0.4, 0.5) is 4.79 Å². The number of rotatable bonds is 5. The summed E-state index contributed by atoms with van der Waals surface area (Å²) >= 11 is 0. The van der Waals surface area contributed by atoms with Crippen LogP contribution < -0.4 is 16.0 Å². The van der Waals surface area contributed by atoms with E-state index >= 15 is 0 Å². The fourth-order valence-electron chi connectivity index (χ4n) is 1.51. The summed E-state index contributed by atoms with van der Waals surface area (Å²) in [7, 11) is 0. The Morgan fingerprint density at radius 3 is 2.53 bits per heavy atom. The van der Waals surface area contributed by atoms with E-state index in [0.717, 1.165) is 26.1 Å². The molecule has 0 radical (unpaired) electrons. The molecule has 1 amide bonds. The van der Waals surface area contributed by atoms with Gasteiger partial charge in [0.1, 0.15) is 5.60 Å². The first-order valence-corrected chi connectivity index (χ1v) is 6.34. The first-order chi connectivity index (χ1) is 7.90. The van der Waals surface area contributed by atoms with E-state index in [2.05, 4.69) is 22.9 Å². The first kappa shape index (κ1) is 14.3. The maximum atomic E-state index is 11.6. The minimum Gasteiger partial charge on any atom is -0.444 e. The highest BCUT2D eigenvalue weighted by molar-refractivity contribution is 5.68. The zero-order valence-corrected chi connectivity index (χ0v) is 11.3. The Kier molecular flexibility index (Phi) is 5.21. The largest absolute Gasteiger partial charge is 0.444 e. The SMILES string of the molecule is CCC(CNC1CNC1)NC(=O)OC(C)(C)C. The van der Waals surface area contributed by atoms with Gasteiger partial charge in [-0.05, 0) is 27.2 Å². The van der Waals surface area contributed by atoms with E-state index in [1.165, 1.54) is 0 Å². The van der Waals surface area contributed by atoms with Crippen molar-refractivity contribution in [3.63, 3.8) is 0 Å². The molecule has 1 aliphatic rings. The van der Waals surface area contributed by atoms with Crippen molar-refractivity contribution in [2.24, 2.45) is 0 Å². The third kappa shape index (κ3) is 5.89. The van der Waals surface area contributed by atoms with Crippen molar-refractivity contribution >= 4 is 6.09 Å². The highest BCUT2D eigenvalue weighted by Gasteiger charge is 2.20. The molecule has 0 aromatic heterocycles. The number of nitrogens with one attached hydrogen (secondary N) is 3. The van der Waals surface area contributed by atoms with Gasteiger partial charge in [-0.1, -0.05) is 6.92 Å². The van der Waals surface area contributed by atoms with Crippen molar-refractivity contribution < 1.29 is 9.53 Å². The number of hydrogen-bond donors (Lipinski definition) is 3. The van der Waals surface area contributed by atoms with Crippen molar-refractivity contribution in [2.75, 3.05) is 19.6 Å². The summed E-state index contributed by atoms with van der Waals surface area (Å²) in [5.74, 6) is 0. The molecule has 0 aromatic rings. The minimum atomic E-state index is -0.437. The second-order valence-corrected chi connectivity index (χ2v) is 5.51. The second-order valence-electron chi connectivity index (χ2n) is 5.51. The van der Waals surface area contributed by atoms with Crippen LogP contribution in [0.2, 0.25) is 0 Å². The highest BCUT2D eigenvalue weighted by Crippen LogP contribution is 2.07. The van der Waals surface area contributed by atoms with Gasteiger partial charge in [-0.15, -0.1) is 0 Å². The van der Waals surface area contributed by atoms with E-state index in [1.807, 2.05) is 20.8 Å². The number of alkyl carbamates (subject to hydrolysis) is 1. The predicted molar refractivity (Wildman–Crippen MR) is 68.1 cm³/mol. The van der Waals surface area contributed by atoms with Crippen molar-refractivity contribution in [1.29, 1.82) is 0 Å². The number of carbonyl (C=O) groups excluding carboxylic acids is 1. The van der Waals surface area contributed by atoms with Crippen LogP contribution in [0.15, 0.2) is 0 Å². The summed E-state index contributed by atoms with van der Waals surface area (Å²) in [6.45, 7) is 10.5. The molecule has 1 fully saturated rings. The van der Waals surface area contributed by atoms with Gasteiger partial charge in [0, 0.05) is 31.7 Å². The zero-order valence-electron chi connectivity index (χ0n) is 11.3. The molecule has 0 aliphatic carbocycles. The molecule has 3 N–H and O–H groups in total. The van der Waals surface area contributed by atoms with Gasteiger partial charge in [0.15, 0.2) is 0 Å². The second kappa shape index (κ2) is 6.21. The Morgan fingerprint density at radius 2 is 2.12 bits per heavy atom. The van der Waals surface area contributed by atoms with Gasteiger partial charge in [-0.25, -0.2) is 4.79 Å². The summed E-state index contributed by atoms with van der Waals surface area (Å²) in [5, 5.41) is 9.49. The summed E-state index contributed by atoms with van der Waals surface area (Å²) < 4.78 is 5.23. The van der Waals surface area contributed by atoms with Crippen molar-refractivity contribution in [2.45, 2.75) is 51.8 Å². The molecule has 0 saturated carbocycles. The van der Waals surface area contributed by atoms with Gasteiger partial charge in [0.2, 0.25) is 0 Å². The van der Waals surface area contributed by atoms with E-state index < -0.39 is 5.60 Å². The molecule has 0 aromatic carbocycles. The molecular weight excluding hydrogens is 218 g/mol. The molecule has 1 aliphatic heterocycles. The van der Waals surface area contributed by atoms with Crippen LogP contribution in [-0.2, 0) is 4.74 Å². The molecule has 17 heavy (non-hydrogen) atoms. The number of carbonyl (C=O) groups is 1. The van der Waals surface area contributed by atoms with E-state index in [1.54, 1.807) is 0 Å². The van der Waals surface area contributed by atoms with Gasteiger partial charge in [0.05, 0.1) is 0 Å². The average molecular weight is 243 g/mol. The Bertz CT molecular complexity index is 247. The van der Waals surface area contributed by atoms with Crippen LogP contribution in [0.3, 0.4) is 0 Å². The molecule has 0 spiro atoms. The molecule has 1 unspecified atom stereocenters. The number of ether oxygens (including phenoxy) is 1. The maximum Gasteiger partial charge on any atom is 0.407 e. The predicted octanol–water partition coefficient (Wildman–Crippen LogP) is 0.851. The third-order valence-electron chi connectivity index (χ3n) is 2.65.